The predicted octanol–water partition coefficient (Wildman–Crippen LogP) is 1.28. The van der Waals surface area contributed by atoms with Crippen LogP contribution in [0.1, 0.15) is 26.6 Å². The summed E-state index contributed by atoms with van der Waals surface area (Å²) in [6, 6.07) is -0.351. The lowest BCUT2D eigenvalue weighted by molar-refractivity contribution is -0.133. The molecule has 0 aliphatic carbocycles. The maximum Gasteiger partial charge on any atom is 0.346 e. The Bertz CT molecular complexity index is 491. The largest absolute Gasteiger partial charge is 0.481 e. The Kier molecular flexibility index (Phi) is 4.56. The second kappa shape index (κ2) is 5.60. The first-order valence-electron chi connectivity index (χ1n) is 5.66. The lowest BCUT2D eigenvalue weighted by atomic mass is 9.96. The molecule has 0 radical (unpaired) electrons. The topological polar surface area (TPSA) is 88.3 Å². The highest BCUT2D eigenvalue weighted by Gasteiger charge is 2.25. The molecule has 0 bridgehead atoms. The van der Waals surface area contributed by atoms with Gasteiger partial charge in [0.05, 0.1) is 5.75 Å². The van der Waals surface area contributed by atoms with E-state index in [0.717, 1.165) is 16.4 Å². The van der Waals surface area contributed by atoms with Crippen molar-refractivity contribution in [2.75, 3.05) is 19.8 Å². The summed E-state index contributed by atoms with van der Waals surface area (Å²) in [6.07, 6.45) is 0. The van der Waals surface area contributed by atoms with Crippen LogP contribution in [0.3, 0.4) is 0 Å². The van der Waals surface area contributed by atoms with Gasteiger partial charge in [-0.25, -0.2) is 9.78 Å². The highest BCUT2D eigenvalue weighted by Crippen LogP contribution is 2.23. The lowest BCUT2D eigenvalue weighted by Crippen LogP contribution is -2.29. The average molecular weight is 286 g/mol. The number of amides is 1. The first kappa shape index (κ1) is 15.5. The number of aromatic nitrogens is 3. The Labute approximate surface area is 116 Å². The maximum atomic E-state index is 12.0. The molecule has 7 nitrogen and oxygen atoms in total. The molecule has 1 heterocycles. The summed E-state index contributed by atoms with van der Waals surface area (Å²) in [7, 11) is 3.21. The summed E-state index contributed by atoms with van der Waals surface area (Å²) in [4.78, 5) is 28.2. The van der Waals surface area contributed by atoms with Gasteiger partial charge in [-0.15, -0.1) is 5.10 Å². The Hall–Kier alpha value is -1.57. The van der Waals surface area contributed by atoms with Crippen molar-refractivity contribution in [1.29, 1.82) is 0 Å². The summed E-state index contributed by atoms with van der Waals surface area (Å²) in [5, 5.41) is 13.2. The number of nitrogens with zero attached hydrogens (tertiary/aromatic N) is 4. The zero-order valence-corrected chi connectivity index (χ0v) is 12.5. The van der Waals surface area contributed by atoms with Crippen LogP contribution >= 0.6 is 11.8 Å². The van der Waals surface area contributed by atoms with Crippen LogP contribution in [0, 0.1) is 0 Å². The molecule has 1 N–H and O–H groups in total. The van der Waals surface area contributed by atoms with Crippen molar-refractivity contribution in [3.8, 4) is 0 Å². The molecule has 0 saturated heterocycles. The predicted molar refractivity (Wildman–Crippen MR) is 71.6 cm³/mol. The Morgan fingerprint density at radius 1 is 1.37 bits per heavy atom. The van der Waals surface area contributed by atoms with E-state index in [1.165, 1.54) is 4.90 Å². The number of hydrogen-bond acceptors (Lipinski definition) is 5. The van der Waals surface area contributed by atoms with Gasteiger partial charge in [-0.2, -0.15) is 4.68 Å². The monoisotopic (exact) mass is 286 g/mol. The zero-order chi connectivity index (χ0) is 14.8. The minimum absolute atomic E-state index is 0.164. The van der Waals surface area contributed by atoms with Crippen molar-refractivity contribution in [3.05, 3.63) is 5.82 Å². The second-order valence-corrected chi connectivity index (χ2v) is 6.18. The second-order valence-electron chi connectivity index (χ2n) is 5.24. The van der Waals surface area contributed by atoms with E-state index in [0.29, 0.717) is 11.0 Å². The molecule has 0 unspecified atom stereocenters. The normalized spacial score (nSPS) is 11.4. The van der Waals surface area contributed by atoms with Crippen LogP contribution in [-0.2, 0) is 10.2 Å². The van der Waals surface area contributed by atoms with Gasteiger partial charge in [0.25, 0.3) is 0 Å². The molecule has 1 aromatic heterocycles. The van der Waals surface area contributed by atoms with Crippen molar-refractivity contribution >= 4 is 23.8 Å². The van der Waals surface area contributed by atoms with E-state index < -0.39 is 5.97 Å². The van der Waals surface area contributed by atoms with Crippen molar-refractivity contribution in [2.45, 2.75) is 31.3 Å². The minimum atomic E-state index is -0.964. The fourth-order valence-electron chi connectivity index (χ4n) is 1.15. The smallest absolute Gasteiger partial charge is 0.346 e. The molecule has 0 aliphatic rings. The van der Waals surface area contributed by atoms with Gasteiger partial charge in [0.1, 0.15) is 0 Å². The van der Waals surface area contributed by atoms with E-state index in [1.807, 2.05) is 20.8 Å². The van der Waals surface area contributed by atoms with Crippen LogP contribution in [0.5, 0.6) is 0 Å². The van der Waals surface area contributed by atoms with Gasteiger partial charge in [-0.1, -0.05) is 32.5 Å². The van der Waals surface area contributed by atoms with Gasteiger partial charge >= 0.3 is 12.0 Å². The van der Waals surface area contributed by atoms with Gasteiger partial charge in [0, 0.05) is 19.5 Å². The van der Waals surface area contributed by atoms with E-state index in [-0.39, 0.29) is 17.2 Å². The maximum absolute atomic E-state index is 12.0. The van der Waals surface area contributed by atoms with E-state index in [4.69, 9.17) is 5.11 Å². The minimum Gasteiger partial charge on any atom is -0.481 e. The number of carboxylic acid groups (broad SMARTS) is 1. The highest BCUT2D eigenvalue weighted by molar-refractivity contribution is 7.99. The first-order chi connectivity index (χ1) is 8.62. The van der Waals surface area contributed by atoms with Crippen LogP contribution < -0.4 is 0 Å². The molecular formula is C11H18N4O3S. The summed E-state index contributed by atoms with van der Waals surface area (Å²) >= 11 is 0.980. The average Bonchev–Trinajstić information content (AvgIpc) is 2.68. The molecule has 1 aromatic rings. The molecule has 0 fully saturated rings. The number of thioether (sulfide) groups is 1. The van der Waals surface area contributed by atoms with Crippen molar-refractivity contribution in [3.63, 3.8) is 0 Å². The molecular weight excluding hydrogens is 268 g/mol. The Morgan fingerprint density at radius 3 is 2.37 bits per heavy atom. The molecule has 106 valence electrons. The summed E-state index contributed by atoms with van der Waals surface area (Å²) in [6.45, 7) is 5.79. The van der Waals surface area contributed by atoms with E-state index in [2.05, 4.69) is 10.1 Å². The highest BCUT2D eigenvalue weighted by atomic mass is 32.2. The standard InChI is InChI=1S/C11H18N4O3S/c1-11(2,3)8-12-9(19-6-7(16)17)15(13-8)10(18)14(4)5/h6H2,1-5H3,(H,16,17). The fourth-order valence-corrected chi connectivity index (χ4v) is 1.79. The van der Waals surface area contributed by atoms with Gasteiger partial charge in [0.2, 0.25) is 0 Å². The number of aliphatic carboxylic acids is 1. The van der Waals surface area contributed by atoms with Gasteiger partial charge < -0.3 is 10.0 Å². The third-order valence-electron chi connectivity index (χ3n) is 2.14. The fraction of sp³-hybridized carbons (Fsp3) is 0.636. The first-order valence-corrected chi connectivity index (χ1v) is 6.65. The van der Waals surface area contributed by atoms with E-state index in [9.17, 15) is 9.59 Å². The number of carbonyl (C=O) groups excluding carboxylic acids is 1. The van der Waals surface area contributed by atoms with Crippen LogP contribution in [0.25, 0.3) is 0 Å². The number of rotatable bonds is 3. The van der Waals surface area contributed by atoms with Crippen LogP contribution in [-0.4, -0.2) is 56.6 Å². The molecule has 1 rings (SSSR count). The molecule has 0 saturated carbocycles. The molecule has 0 aliphatic heterocycles. The lowest BCUT2D eigenvalue weighted by Gasteiger charge is -2.13. The molecule has 0 spiro atoms. The third kappa shape index (κ3) is 3.95. The molecule has 19 heavy (non-hydrogen) atoms. The quantitative estimate of drug-likeness (QED) is 0.842. The summed E-state index contributed by atoms with van der Waals surface area (Å²) < 4.78 is 1.15. The van der Waals surface area contributed by atoms with Gasteiger partial charge in [-0.3, -0.25) is 4.79 Å². The number of carbonyl (C=O) groups is 2. The van der Waals surface area contributed by atoms with E-state index >= 15 is 0 Å². The molecule has 1 amide bonds. The van der Waals surface area contributed by atoms with Crippen molar-refractivity contribution < 1.29 is 14.7 Å². The van der Waals surface area contributed by atoms with Crippen LogP contribution in [0.15, 0.2) is 5.16 Å². The third-order valence-corrected chi connectivity index (χ3v) is 3.05. The summed E-state index contributed by atoms with van der Waals surface area (Å²) in [5.41, 5.74) is -0.309. The van der Waals surface area contributed by atoms with Crippen molar-refractivity contribution in [1.82, 2.24) is 19.7 Å². The molecule has 0 aromatic carbocycles. The molecule has 0 atom stereocenters. The van der Waals surface area contributed by atoms with Crippen LogP contribution in [0.4, 0.5) is 4.79 Å². The van der Waals surface area contributed by atoms with Gasteiger partial charge in [0.15, 0.2) is 11.0 Å². The number of carboxylic acids is 1. The van der Waals surface area contributed by atoms with E-state index in [1.54, 1.807) is 14.1 Å². The van der Waals surface area contributed by atoms with Gasteiger partial charge in [-0.05, 0) is 0 Å². The Balaban J connectivity index is 3.14. The summed E-state index contributed by atoms with van der Waals surface area (Å²) in [5.74, 6) is -0.618. The number of hydrogen-bond donors (Lipinski definition) is 1. The van der Waals surface area contributed by atoms with Crippen molar-refractivity contribution in [2.24, 2.45) is 0 Å². The van der Waals surface area contributed by atoms with Crippen LogP contribution in [0.2, 0.25) is 0 Å². The SMILES string of the molecule is CN(C)C(=O)n1nc(C(C)(C)C)nc1SCC(=O)O. The molecule has 8 heteroatoms. The zero-order valence-electron chi connectivity index (χ0n) is 11.7. The Morgan fingerprint density at radius 2 is 1.95 bits per heavy atom.